The topological polar surface area (TPSA) is 90.7 Å². The largest absolute Gasteiger partial charge is 0.383 e. The van der Waals surface area contributed by atoms with E-state index in [2.05, 4.69) is 15.2 Å². The maximum Gasteiger partial charge on any atom is 0.352 e. The van der Waals surface area contributed by atoms with E-state index >= 15 is 8.78 Å². The quantitative estimate of drug-likeness (QED) is 0.561. The molecular formula is C28H33ClF3N5O3. The zero-order valence-corrected chi connectivity index (χ0v) is 23.2. The number of fused-ring (bicyclic) bond motifs is 1. The Morgan fingerprint density at radius 2 is 1.82 bits per heavy atom. The van der Waals surface area contributed by atoms with Crippen molar-refractivity contribution < 1.29 is 27.9 Å². The number of hydrogen-bond acceptors (Lipinski definition) is 5. The number of nitrogens with one attached hydrogen (secondary N) is 1. The van der Waals surface area contributed by atoms with Crippen LogP contribution in [0.4, 0.5) is 18.9 Å². The van der Waals surface area contributed by atoms with Crippen molar-refractivity contribution in [1.29, 1.82) is 0 Å². The van der Waals surface area contributed by atoms with Crippen molar-refractivity contribution in [2.45, 2.75) is 49.5 Å². The minimum absolute atomic E-state index is 0.0990. The number of likely N-dealkylation sites (tertiary alicyclic amines) is 2. The minimum Gasteiger partial charge on any atom is -0.383 e. The minimum atomic E-state index is -3.86. The van der Waals surface area contributed by atoms with Crippen LogP contribution in [0.15, 0.2) is 24.5 Å². The van der Waals surface area contributed by atoms with E-state index in [1.54, 1.807) is 11.6 Å². The lowest BCUT2D eigenvalue weighted by Gasteiger charge is -2.46. The summed E-state index contributed by atoms with van der Waals surface area (Å²) in [5, 5.41) is 13.8. The lowest BCUT2D eigenvalue weighted by molar-refractivity contribution is -0.202. The van der Waals surface area contributed by atoms with Gasteiger partial charge in [0, 0.05) is 50.2 Å². The molecule has 8 nitrogen and oxygen atoms in total. The standard InChI is InChI=1S/C28H33ClF3N5O3/c1-35-12-26(13-35)5-6-37(14-26)25(39)28(31,32)27(40)10-17-7-16(8-18(17)11-27)22-23(36(2)15-33-22)24(38)34-19-3-4-21(30)20(29)9-19/h3-4,9,15-18,40H,5-8,10-14H2,1-2H3,(H,34,38). The lowest BCUT2D eigenvalue weighted by Crippen LogP contribution is -2.59. The summed E-state index contributed by atoms with van der Waals surface area (Å²) in [4.78, 5) is 34.0. The maximum atomic E-state index is 15.6. The van der Waals surface area contributed by atoms with E-state index in [9.17, 15) is 19.1 Å². The lowest BCUT2D eigenvalue weighted by atomic mass is 9.79. The van der Waals surface area contributed by atoms with Crippen molar-refractivity contribution in [2.24, 2.45) is 24.3 Å². The number of aliphatic hydroxyl groups is 1. The molecule has 4 aliphatic rings. The third-order valence-electron chi connectivity index (χ3n) is 9.57. The molecule has 1 aromatic heterocycles. The average molecular weight is 580 g/mol. The molecule has 4 fully saturated rings. The second-order valence-electron chi connectivity index (χ2n) is 12.5. The summed E-state index contributed by atoms with van der Waals surface area (Å²) in [5.41, 5.74) is -1.27. The summed E-state index contributed by atoms with van der Waals surface area (Å²) in [7, 11) is 3.66. The number of amides is 2. The van der Waals surface area contributed by atoms with E-state index in [1.165, 1.54) is 23.4 Å². The molecule has 216 valence electrons. The third kappa shape index (κ3) is 4.41. The van der Waals surface area contributed by atoms with Crippen LogP contribution in [-0.2, 0) is 11.8 Å². The highest BCUT2D eigenvalue weighted by atomic mass is 35.5. The Hall–Kier alpha value is -2.63. The number of hydrogen-bond donors (Lipinski definition) is 2. The van der Waals surface area contributed by atoms with Gasteiger partial charge in [-0.15, -0.1) is 0 Å². The van der Waals surface area contributed by atoms with Crippen LogP contribution in [-0.4, -0.2) is 81.0 Å². The van der Waals surface area contributed by atoms with Crippen molar-refractivity contribution in [3.8, 4) is 0 Å². The number of benzene rings is 1. The van der Waals surface area contributed by atoms with Crippen LogP contribution < -0.4 is 5.32 Å². The molecule has 2 saturated carbocycles. The number of imidazole rings is 1. The predicted molar refractivity (Wildman–Crippen MR) is 142 cm³/mol. The Balaban J connectivity index is 1.13. The predicted octanol–water partition coefficient (Wildman–Crippen LogP) is 3.90. The number of aryl methyl sites for hydroxylation is 1. The van der Waals surface area contributed by atoms with Crippen LogP contribution >= 0.6 is 11.6 Å². The van der Waals surface area contributed by atoms with Gasteiger partial charge >= 0.3 is 5.92 Å². The van der Waals surface area contributed by atoms with Gasteiger partial charge in [0.15, 0.2) is 0 Å². The Labute approximate surface area is 235 Å². The fourth-order valence-corrected chi connectivity index (χ4v) is 7.97. The highest BCUT2D eigenvalue weighted by Gasteiger charge is 2.66. The van der Waals surface area contributed by atoms with Gasteiger partial charge in [0.25, 0.3) is 11.8 Å². The molecule has 2 saturated heterocycles. The average Bonchev–Trinajstić information content (AvgIpc) is 3.62. The Morgan fingerprint density at radius 3 is 2.45 bits per heavy atom. The van der Waals surface area contributed by atoms with Gasteiger partial charge in [-0.3, -0.25) is 9.59 Å². The molecule has 1 spiro atoms. The summed E-state index contributed by atoms with van der Waals surface area (Å²) in [6.45, 7) is 2.19. The fraction of sp³-hybridized carbons (Fsp3) is 0.607. The molecule has 6 rings (SSSR count). The van der Waals surface area contributed by atoms with E-state index < -0.39 is 29.2 Å². The van der Waals surface area contributed by atoms with Crippen LogP contribution in [0.3, 0.4) is 0 Å². The highest BCUT2D eigenvalue weighted by molar-refractivity contribution is 6.31. The monoisotopic (exact) mass is 579 g/mol. The van der Waals surface area contributed by atoms with Crippen LogP contribution in [0.2, 0.25) is 5.02 Å². The normalized spacial score (nSPS) is 29.6. The summed E-state index contributed by atoms with van der Waals surface area (Å²) >= 11 is 5.84. The smallest absolute Gasteiger partial charge is 0.352 e. The van der Waals surface area contributed by atoms with Crippen LogP contribution in [0.1, 0.15) is 54.2 Å². The highest BCUT2D eigenvalue weighted by Crippen LogP contribution is 2.58. The molecule has 1 aromatic carbocycles. The molecule has 0 bridgehead atoms. The first kappa shape index (κ1) is 27.5. The molecule has 3 heterocycles. The SMILES string of the molecule is CN1CC2(CCN(C(=O)C(F)(F)C3(O)CC4CC(c5ncn(C)c5C(=O)Nc5ccc(F)c(Cl)c5)CC4C3)C2)C1. The van der Waals surface area contributed by atoms with Gasteiger partial charge in [-0.05, 0) is 69.2 Å². The molecule has 2 atom stereocenters. The van der Waals surface area contributed by atoms with Crippen LogP contribution in [0.5, 0.6) is 0 Å². The van der Waals surface area contributed by atoms with Gasteiger partial charge in [0.1, 0.15) is 17.1 Å². The number of alkyl halides is 2. The van der Waals surface area contributed by atoms with Crippen molar-refractivity contribution in [2.75, 3.05) is 38.5 Å². The zero-order valence-electron chi connectivity index (χ0n) is 22.5. The van der Waals surface area contributed by atoms with Crippen LogP contribution in [0.25, 0.3) is 0 Å². The molecule has 2 aliphatic heterocycles. The van der Waals surface area contributed by atoms with E-state index in [0.717, 1.165) is 19.2 Å². The molecule has 2 aromatic rings. The van der Waals surface area contributed by atoms with E-state index in [-0.39, 0.29) is 41.0 Å². The van der Waals surface area contributed by atoms with E-state index in [4.69, 9.17) is 11.6 Å². The van der Waals surface area contributed by atoms with Gasteiger partial charge in [-0.1, -0.05) is 11.6 Å². The van der Waals surface area contributed by atoms with Crippen LogP contribution in [0, 0.1) is 23.1 Å². The van der Waals surface area contributed by atoms with Gasteiger partial charge < -0.3 is 24.8 Å². The van der Waals surface area contributed by atoms with Gasteiger partial charge in [0.05, 0.1) is 17.0 Å². The van der Waals surface area contributed by atoms with E-state index in [0.29, 0.717) is 49.4 Å². The summed E-state index contributed by atoms with van der Waals surface area (Å²) in [5.74, 6) is -6.74. The molecule has 2 N–H and O–H groups in total. The van der Waals surface area contributed by atoms with Gasteiger partial charge in [-0.25, -0.2) is 9.37 Å². The maximum absolute atomic E-state index is 15.6. The summed E-state index contributed by atoms with van der Waals surface area (Å²) < 4.78 is 46.3. The van der Waals surface area contributed by atoms with Crippen molar-refractivity contribution >= 4 is 29.1 Å². The summed E-state index contributed by atoms with van der Waals surface area (Å²) in [6.07, 6.45) is 2.86. The Bertz CT molecular complexity index is 1350. The first-order chi connectivity index (χ1) is 18.8. The van der Waals surface area contributed by atoms with Crippen molar-refractivity contribution in [3.05, 3.63) is 46.8 Å². The Morgan fingerprint density at radius 1 is 1.15 bits per heavy atom. The second kappa shape index (κ2) is 9.46. The van der Waals surface area contributed by atoms with E-state index in [1.807, 2.05) is 7.05 Å². The molecule has 40 heavy (non-hydrogen) atoms. The Kier molecular flexibility index (Phi) is 6.51. The molecule has 12 heteroatoms. The molecular weight excluding hydrogens is 547 g/mol. The number of carbonyl (C=O) groups is 2. The number of aromatic nitrogens is 2. The molecule has 2 unspecified atom stereocenters. The fourth-order valence-electron chi connectivity index (χ4n) is 7.79. The van der Waals surface area contributed by atoms with Gasteiger partial charge in [0.2, 0.25) is 0 Å². The zero-order chi connectivity index (χ0) is 28.6. The van der Waals surface area contributed by atoms with Crippen molar-refractivity contribution in [1.82, 2.24) is 19.4 Å². The third-order valence-corrected chi connectivity index (χ3v) is 9.86. The number of halogens is 4. The van der Waals surface area contributed by atoms with Gasteiger partial charge in [-0.2, -0.15) is 8.78 Å². The first-order valence-corrected chi connectivity index (χ1v) is 14.0. The van der Waals surface area contributed by atoms with Crippen molar-refractivity contribution in [3.63, 3.8) is 0 Å². The first-order valence-electron chi connectivity index (χ1n) is 13.7. The molecule has 0 radical (unpaired) electrons. The number of nitrogens with zero attached hydrogens (tertiary/aromatic N) is 4. The number of carbonyl (C=O) groups excluding carboxylic acids is 2. The molecule has 2 amide bonds. The molecule has 2 aliphatic carbocycles. The second-order valence-corrected chi connectivity index (χ2v) is 12.9. The number of anilines is 1. The summed E-state index contributed by atoms with van der Waals surface area (Å²) in [6, 6.07) is 3.89. The number of rotatable bonds is 5.